The second-order valence-corrected chi connectivity index (χ2v) is 6.20. The fourth-order valence-corrected chi connectivity index (χ4v) is 2.86. The maximum Gasteiger partial charge on any atom is 0.229 e. The Kier molecular flexibility index (Phi) is 7.10. The quantitative estimate of drug-likeness (QED) is 0.678. The SMILES string of the molecule is CCn1cnnc1-c1ccccc1NC(=O)C(C)C(N)c1ccccc1.Cl. The molecule has 3 N–H and O–H groups in total. The molecule has 2 unspecified atom stereocenters. The zero-order valence-corrected chi connectivity index (χ0v) is 16.2. The van der Waals surface area contributed by atoms with Crippen LogP contribution in [0.15, 0.2) is 60.9 Å². The van der Waals surface area contributed by atoms with E-state index < -0.39 is 0 Å². The number of anilines is 1. The average Bonchev–Trinajstić information content (AvgIpc) is 3.16. The zero-order valence-electron chi connectivity index (χ0n) is 15.4. The second kappa shape index (κ2) is 9.30. The molecule has 2 aromatic carbocycles. The smallest absolute Gasteiger partial charge is 0.229 e. The monoisotopic (exact) mass is 385 g/mol. The molecule has 1 amide bonds. The summed E-state index contributed by atoms with van der Waals surface area (Å²) in [6.07, 6.45) is 1.68. The summed E-state index contributed by atoms with van der Waals surface area (Å²) in [6, 6.07) is 16.9. The molecule has 0 saturated heterocycles. The summed E-state index contributed by atoms with van der Waals surface area (Å²) < 4.78 is 1.93. The Labute approximate surface area is 165 Å². The minimum Gasteiger partial charge on any atom is -0.325 e. The predicted octanol–water partition coefficient (Wildman–Crippen LogP) is 3.66. The number of nitrogens with one attached hydrogen (secondary N) is 1. The first-order valence-corrected chi connectivity index (χ1v) is 8.70. The molecule has 0 bridgehead atoms. The molecule has 3 aromatic rings. The number of para-hydroxylation sites is 1. The summed E-state index contributed by atoms with van der Waals surface area (Å²) >= 11 is 0. The Bertz CT molecular complexity index is 881. The van der Waals surface area contributed by atoms with Gasteiger partial charge < -0.3 is 15.6 Å². The molecule has 27 heavy (non-hydrogen) atoms. The van der Waals surface area contributed by atoms with Gasteiger partial charge in [0.15, 0.2) is 5.82 Å². The van der Waals surface area contributed by atoms with Gasteiger partial charge in [0.1, 0.15) is 6.33 Å². The van der Waals surface area contributed by atoms with E-state index >= 15 is 0 Å². The number of amides is 1. The molecule has 0 aliphatic heterocycles. The van der Waals surface area contributed by atoms with Gasteiger partial charge in [-0.25, -0.2) is 0 Å². The van der Waals surface area contributed by atoms with Gasteiger partial charge in [0.2, 0.25) is 5.91 Å². The maximum atomic E-state index is 12.8. The fraction of sp³-hybridized carbons (Fsp3) is 0.250. The third-order valence-corrected chi connectivity index (χ3v) is 4.52. The van der Waals surface area contributed by atoms with Crippen molar-refractivity contribution in [3.05, 3.63) is 66.5 Å². The van der Waals surface area contributed by atoms with Crippen molar-refractivity contribution >= 4 is 24.0 Å². The Hall–Kier alpha value is -2.70. The van der Waals surface area contributed by atoms with Crippen molar-refractivity contribution in [3.63, 3.8) is 0 Å². The largest absolute Gasteiger partial charge is 0.325 e. The van der Waals surface area contributed by atoms with Crippen LogP contribution in [0, 0.1) is 5.92 Å². The number of halogens is 1. The van der Waals surface area contributed by atoms with E-state index in [-0.39, 0.29) is 30.3 Å². The number of nitrogens with zero attached hydrogens (tertiary/aromatic N) is 3. The van der Waals surface area contributed by atoms with Crippen molar-refractivity contribution < 1.29 is 4.79 Å². The van der Waals surface area contributed by atoms with Crippen LogP contribution in [0.5, 0.6) is 0 Å². The first-order chi connectivity index (χ1) is 12.6. The number of hydrogen-bond donors (Lipinski definition) is 2. The highest BCUT2D eigenvalue weighted by Crippen LogP contribution is 2.28. The molecule has 0 radical (unpaired) electrons. The molecular weight excluding hydrogens is 362 g/mol. The standard InChI is InChI=1S/C20H23N5O.ClH/c1-3-25-13-22-24-19(25)16-11-7-8-12-17(16)23-20(26)14(2)18(21)15-9-5-4-6-10-15;/h4-14,18H,3,21H2,1-2H3,(H,23,26);1H. The molecule has 1 aromatic heterocycles. The van der Waals surface area contributed by atoms with Gasteiger partial charge in [-0.05, 0) is 24.6 Å². The van der Waals surface area contributed by atoms with Crippen molar-refractivity contribution in [2.24, 2.45) is 11.7 Å². The lowest BCUT2D eigenvalue weighted by Crippen LogP contribution is -2.30. The minimum absolute atomic E-state index is 0. The van der Waals surface area contributed by atoms with Crippen LogP contribution in [0.1, 0.15) is 25.5 Å². The Morgan fingerprint density at radius 2 is 1.81 bits per heavy atom. The molecule has 2 atom stereocenters. The number of rotatable bonds is 6. The normalized spacial score (nSPS) is 12.7. The molecule has 0 aliphatic carbocycles. The summed E-state index contributed by atoms with van der Waals surface area (Å²) in [7, 11) is 0. The van der Waals surface area contributed by atoms with E-state index in [9.17, 15) is 4.79 Å². The number of benzene rings is 2. The first kappa shape index (κ1) is 20.6. The van der Waals surface area contributed by atoms with Crippen molar-refractivity contribution in [2.45, 2.75) is 26.4 Å². The van der Waals surface area contributed by atoms with Crippen LogP contribution < -0.4 is 11.1 Å². The van der Waals surface area contributed by atoms with Crippen LogP contribution in [0.4, 0.5) is 5.69 Å². The molecular formula is C20H24ClN5O. The third kappa shape index (κ3) is 4.53. The summed E-state index contributed by atoms with van der Waals surface area (Å²) in [5, 5.41) is 11.2. The highest BCUT2D eigenvalue weighted by molar-refractivity contribution is 5.96. The highest BCUT2D eigenvalue weighted by Gasteiger charge is 2.23. The molecule has 0 spiro atoms. The van der Waals surface area contributed by atoms with Gasteiger partial charge in [-0.2, -0.15) is 0 Å². The summed E-state index contributed by atoms with van der Waals surface area (Å²) in [5.41, 5.74) is 8.76. The lowest BCUT2D eigenvalue weighted by Gasteiger charge is -2.20. The summed E-state index contributed by atoms with van der Waals surface area (Å²) in [5.74, 6) is 0.217. The van der Waals surface area contributed by atoms with Crippen LogP contribution in [0.25, 0.3) is 11.4 Å². The van der Waals surface area contributed by atoms with E-state index in [1.165, 1.54) is 0 Å². The fourth-order valence-electron chi connectivity index (χ4n) is 2.86. The van der Waals surface area contributed by atoms with Gasteiger partial charge in [0, 0.05) is 18.2 Å². The number of carbonyl (C=O) groups excluding carboxylic acids is 1. The van der Waals surface area contributed by atoms with Crippen molar-refractivity contribution in [2.75, 3.05) is 5.32 Å². The van der Waals surface area contributed by atoms with Gasteiger partial charge in [0.25, 0.3) is 0 Å². The van der Waals surface area contributed by atoms with Crippen LogP contribution in [-0.4, -0.2) is 20.7 Å². The van der Waals surface area contributed by atoms with E-state index in [0.29, 0.717) is 5.69 Å². The molecule has 3 rings (SSSR count). The van der Waals surface area contributed by atoms with E-state index in [1.807, 2.05) is 73.0 Å². The van der Waals surface area contributed by atoms with Crippen LogP contribution >= 0.6 is 12.4 Å². The summed E-state index contributed by atoms with van der Waals surface area (Å²) in [6.45, 7) is 4.61. The number of hydrogen-bond acceptors (Lipinski definition) is 4. The molecule has 0 aliphatic rings. The van der Waals surface area contributed by atoms with Crippen molar-refractivity contribution in [1.82, 2.24) is 14.8 Å². The predicted molar refractivity (Wildman–Crippen MR) is 110 cm³/mol. The van der Waals surface area contributed by atoms with E-state index in [1.54, 1.807) is 6.33 Å². The van der Waals surface area contributed by atoms with Crippen LogP contribution in [0.2, 0.25) is 0 Å². The van der Waals surface area contributed by atoms with Crippen LogP contribution in [-0.2, 0) is 11.3 Å². The van der Waals surface area contributed by atoms with E-state index in [0.717, 1.165) is 23.5 Å². The molecule has 1 heterocycles. The van der Waals surface area contributed by atoms with Crippen molar-refractivity contribution in [1.29, 1.82) is 0 Å². The molecule has 0 fully saturated rings. The van der Waals surface area contributed by atoms with Gasteiger partial charge in [-0.15, -0.1) is 22.6 Å². The molecule has 142 valence electrons. The topological polar surface area (TPSA) is 85.8 Å². The van der Waals surface area contributed by atoms with E-state index in [2.05, 4.69) is 15.5 Å². The van der Waals surface area contributed by atoms with Crippen molar-refractivity contribution in [3.8, 4) is 11.4 Å². The third-order valence-electron chi connectivity index (χ3n) is 4.52. The highest BCUT2D eigenvalue weighted by atomic mass is 35.5. The first-order valence-electron chi connectivity index (χ1n) is 8.70. The Balaban J connectivity index is 0.00000261. The zero-order chi connectivity index (χ0) is 18.5. The van der Waals surface area contributed by atoms with E-state index in [4.69, 9.17) is 5.73 Å². The minimum atomic E-state index is -0.380. The lowest BCUT2D eigenvalue weighted by molar-refractivity contribution is -0.120. The number of carbonyl (C=O) groups is 1. The number of nitrogens with two attached hydrogens (primary N) is 1. The van der Waals surface area contributed by atoms with Gasteiger partial charge >= 0.3 is 0 Å². The van der Waals surface area contributed by atoms with Crippen LogP contribution in [0.3, 0.4) is 0 Å². The Morgan fingerprint density at radius 3 is 2.52 bits per heavy atom. The second-order valence-electron chi connectivity index (χ2n) is 6.20. The Morgan fingerprint density at radius 1 is 1.15 bits per heavy atom. The number of aromatic nitrogens is 3. The molecule has 7 heteroatoms. The molecule has 6 nitrogen and oxygen atoms in total. The van der Waals surface area contributed by atoms with Gasteiger partial charge in [-0.1, -0.05) is 49.4 Å². The lowest BCUT2D eigenvalue weighted by atomic mass is 9.94. The summed E-state index contributed by atoms with van der Waals surface area (Å²) in [4.78, 5) is 12.8. The maximum absolute atomic E-state index is 12.8. The average molecular weight is 386 g/mol. The molecule has 0 saturated carbocycles. The van der Waals surface area contributed by atoms with Gasteiger partial charge in [-0.3, -0.25) is 4.79 Å². The number of aryl methyl sites for hydroxylation is 1. The van der Waals surface area contributed by atoms with Gasteiger partial charge in [0.05, 0.1) is 11.6 Å².